The van der Waals surface area contributed by atoms with E-state index in [0.717, 1.165) is 62.3 Å². The normalized spacial score (nSPS) is 18.1. The lowest BCUT2D eigenvalue weighted by Crippen LogP contribution is -2.23. The summed E-state index contributed by atoms with van der Waals surface area (Å²) in [6, 6.07) is 12.7. The van der Waals surface area contributed by atoms with Crippen molar-refractivity contribution >= 4 is 22.7 Å². The highest BCUT2D eigenvalue weighted by Crippen LogP contribution is 2.47. The Morgan fingerprint density at radius 2 is 2.03 bits per heavy atom. The number of aromatic nitrogens is 5. The lowest BCUT2D eigenvalue weighted by Gasteiger charge is -2.18. The Balaban J connectivity index is 1.34. The molecule has 2 N–H and O–H groups in total. The van der Waals surface area contributed by atoms with Gasteiger partial charge >= 0.3 is 0 Å². The van der Waals surface area contributed by atoms with Crippen LogP contribution in [-0.4, -0.2) is 30.9 Å². The predicted octanol–water partition coefficient (Wildman–Crippen LogP) is 3.26. The van der Waals surface area contributed by atoms with Crippen LogP contribution < -0.4 is 16.2 Å². The number of rotatable bonds is 5. The molecule has 1 aliphatic heterocycles. The highest BCUT2D eigenvalue weighted by atomic mass is 16.1. The number of anilines is 2. The molecule has 4 heterocycles. The van der Waals surface area contributed by atoms with Gasteiger partial charge in [-0.1, -0.05) is 6.07 Å². The van der Waals surface area contributed by atoms with Crippen LogP contribution in [0.1, 0.15) is 48.5 Å². The van der Waals surface area contributed by atoms with Crippen LogP contribution in [-0.2, 0) is 18.4 Å². The van der Waals surface area contributed by atoms with Crippen molar-refractivity contribution in [3.63, 3.8) is 0 Å². The van der Waals surface area contributed by atoms with Gasteiger partial charge in [0, 0.05) is 24.6 Å². The van der Waals surface area contributed by atoms with E-state index in [4.69, 9.17) is 4.98 Å². The minimum atomic E-state index is -0.507. The first-order valence-corrected chi connectivity index (χ1v) is 12.1. The maximum Gasteiger partial charge on any atom is 0.278 e. The molecule has 0 bridgehead atoms. The summed E-state index contributed by atoms with van der Waals surface area (Å²) < 4.78 is 3.68. The van der Waals surface area contributed by atoms with E-state index in [2.05, 4.69) is 38.8 Å². The quantitative estimate of drug-likeness (QED) is 0.466. The molecule has 9 nitrogen and oxygen atoms in total. The Morgan fingerprint density at radius 3 is 2.83 bits per heavy atom. The molecule has 7 rings (SSSR count). The topological polar surface area (TPSA) is 113 Å². The Hall–Kier alpha value is -4.03. The molecule has 3 aliphatic rings. The largest absolute Gasteiger partial charge is 0.324 e. The first-order valence-electron chi connectivity index (χ1n) is 12.1. The number of nitrogens with zero attached hydrogens (tertiary/aromatic N) is 6. The molecule has 174 valence electrons. The molecular weight excluding hydrogens is 440 g/mol. The third kappa shape index (κ3) is 3.33. The first-order chi connectivity index (χ1) is 17.1. The average molecular weight is 465 g/mol. The second-order valence-electron chi connectivity index (χ2n) is 9.75. The molecule has 0 saturated heterocycles. The second-order valence-corrected chi connectivity index (χ2v) is 9.75. The number of hydrogen-bond donors (Lipinski definition) is 2. The van der Waals surface area contributed by atoms with Crippen LogP contribution >= 0.6 is 0 Å². The SMILES string of the molecule is N#CC1(c2cc(-n3c4nc(Nc5ccc6c(c5)CNCC6)ncc4c(=O)n3C3CC3)ccn2)CC1. The summed E-state index contributed by atoms with van der Waals surface area (Å²) in [6.45, 7) is 1.85. The van der Waals surface area contributed by atoms with Crippen LogP contribution in [0.25, 0.3) is 16.7 Å². The molecule has 1 aromatic carbocycles. The van der Waals surface area contributed by atoms with Crippen LogP contribution in [0.3, 0.4) is 0 Å². The van der Waals surface area contributed by atoms with E-state index in [1.54, 1.807) is 17.1 Å². The van der Waals surface area contributed by atoms with Crippen molar-refractivity contribution in [1.29, 1.82) is 5.26 Å². The fourth-order valence-electron chi connectivity index (χ4n) is 5.01. The Labute approximate surface area is 201 Å². The second kappa shape index (κ2) is 7.48. The third-order valence-corrected chi connectivity index (χ3v) is 7.31. The van der Waals surface area contributed by atoms with Gasteiger partial charge in [-0.25, -0.2) is 14.3 Å². The van der Waals surface area contributed by atoms with Gasteiger partial charge in [0.1, 0.15) is 5.39 Å². The van der Waals surface area contributed by atoms with Gasteiger partial charge in [-0.15, -0.1) is 0 Å². The number of pyridine rings is 1. The van der Waals surface area contributed by atoms with Gasteiger partial charge in [-0.3, -0.25) is 9.78 Å². The standard InChI is InChI=1S/C26H24N8O/c27-15-26(7-8-26)22-12-20(6-10-29-22)33-23-21(24(35)34(33)19-3-4-19)14-30-25(32-23)31-18-2-1-16-5-9-28-13-17(16)11-18/h1-2,6,10-12,14,19,28H,3-5,7-9,13H2,(H,30,31,32). The molecule has 2 fully saturated rings. The third-order valence-electron chi connectivity index (χ3n) is 7.31. The van der Waals surface area contributed by atoms with Gasteiger partial charge in [0.15, 0.2) is 5.65 Å². The van der Waals surface area contributed by atoms with Gasteiger partial charge in [0.25, 0.3) is 5.56 Å². The van der Waals surface area contributed by atoms with Crippen LogP contribution in [0.2, 0.25) is 0 Å². The fraction of sp³-hybridized carbons (Fsp3) is 0.346. The smallest absolute Gasteiger partial charge is 0.278 e. The highest BCUT2D eigenvalue weighted by Gasteiger charge is 2.46. The fourth-order valence-corrected chi connectivity index (χ4v) is 5.01. The average Bonchev–Trinajstić information content (AvgIpc) is 3.82. The van der Waals surface area contributed by atoms with E-state index >= 15 is 0 Å². The molecule has 0 amide bonds. The monoisotopic (exact) mass is 464 g/mol. The van der Waals surface area contributed by atoms with Gasteiger partial charge in [0.2, 0.25) is 5.95 Å². The number of benzene rings is 1. The van der Waals surface area contributed by atoms with Crippen molar-refractivity contribution in [3.05, 3.63) is 69.9 Å². The van der Waals surface area contributed by atoms with E-state index in [-0.39, 0.29) is 11.6 Å². The zero-order valence-electron chi connectivity index (χ0n) is 19.2. The van der Waals surface area contributed by atoms with Gasteiger partial charge in [0.05, 0.1) is 28.9 Å². The number of nitrogens with one attached hydrogen (secondary N) is 2. The molecule has 0 spiro atoms. The Kier molecular flexibility index (Phi) is 4.35. The van der Waals surface area contributed by atoms with E-state index in [9.17, 15) is 10.1 Å². The predicted molar refractivity (Wildman–Crippen MR) is 131 cm³/mol. The first kappa shape index (κ1) is 20.4. The zero-order chi connectivity index (χ0) is 23.6. The summed E-state index contributed by atoms with van der Waals surface area (Å²) in [5, 5.41) is 16.9. The minimum absolute atomic E-state index is 0.0892. The molecule has 2 saturated carbocycles. The zero-order valence-corrected chi connectivity index (χ0v) is 19.2. The molecule has 9 heteroatoms. The van der Waals surface area contributed by atoms with Crippen molar-refractivity contribution in [3.8, 4) is 11.8 Å². The van der Waals surface area contributed by atoms with E-state index < -0.39 is 5.41 Å². The number of nitriles is 1. The summed E-state index contributed by atoms with van der Waals surface area (Å²) in [7, 11) is 0. The molecule has 3 aromatic heterocycles. The Bertz CT molecular complexity index is 1590. The number of fused-ring (bicyclic) bond motifs is 2. The van der Waals surface area contributed by atoms with E-state index in [1.165, 1.54) is 11.1 Å². The molecule has 35 heavy (non-hydrogen) atoms. The van der Waals surface area contributed by atoms with Crippen molar-refractivity contribution in [2.75, 3.05) is 11.9 Å². The maximum absolute atomic E-state index is 13.4. The molecule has 2 aliphatic carbocycles. The van der Waals surface area contributed by atoms with Crippen molar-refractivity contribution in [2.45, 2.75) is 50.1 Å². The summed E-state index contributed by atoms with van der Waals surface area (Å²) in [6.07, 6.45) is 7.90. The van der Waals surface area contributed by atoms with Crippen LogP contribution in [0.15, 0.2) is 47.5 Å². The molecule has 4 aromatic rings. The summed E-state index contributed by atoms with van der Waals surface area (Å²) in [5.41, 5.74) is 5.05. The minimum Gasteiger partial charge on any atom is -0.324 e. The van der Waals surface area contributed by atoms with Gasteiger partial charge < -0.3 is 10.6 Å². The highest BCUT2D eigenvalue weighted by molar-refractivity contribution is 5.77. The lowest BCUT2D eigenvalue weighted by molar-refractivity contribution is 0.559. The maximum atomic E-state index is 13.4. The summed E-state index contributed by atoms with van der Waals surface area (Å²) in [4.78, 5) is 27.1. The van der Waals surface area contributed by atoms with E-state index in [0.29, 0.717) is 17.0 Å². The molecular formula is C26H24N8O. The Morgan fingerprint density at radius 1 is 1.14 bits per heavy atom. The van der Waals surface area contributed by atoms with Crippen LogP contribution in [0, 0.1) is 11.3 Å². The summed E-state index contributed by atoms with van der Waals surface area (Å²) >= 11 is 0. The molecule has 0 radical (unpaired) electrons. The number of hydrogen-bond acceptors (Lipinski definition) is 7. The molecule has 0 atom stereocenters. The van der Waals surface area contributed by atoms with Crippen LogP contribution in [0.5, 0.6) is 0 Å². The summed E-state index contributed by atoms with van der Waals surface area (Å²) in [5.74, 6) is 0.438. The van der Waals surface area contributed by atoms with Crippen molar-refractivity contribution in [2.24, 2.45) is 0 Å². The molecule has 0 unspecified atom stereocenters. The van der Waals surface area contributed by atoms with Crippen molar-refractivity contribution < 1.29 is 0 Å². The van der Waals surface area contributed by atoms with Gasteiger partial charge in [-0.2, -0.15) is 10.2 Å². The van der Waals surface area contributed by atoms with E-state index in [1.807, 2.05) is 22.9 Å². The van der Waals surface area contributed by atoms with Crippen molar-refractivity contribution in [1.82, 2.24) is 29.6 Å². The van der Waals surface area contributed by atoms with Crippen LogP contribution in [0.4, 0.5) is 11.6 Å². The lowest BCUT2D eigenvalue weighted by atomic mass is 10.0. The van der Waals surface area contributed by atoms with Gasteiger partial charge in [-0.05, 0) is 74.0 Å².